The first-order valence-corrected chi connectivity index (χ1v) is 9.59. The molecule has 150 valence electrons. The molecule has 2 N–H and O–H groups in total. The number of hydrogen-bond donors (Lipinski definition) is 1. The highest BCUT2D eigenvalue weighted by Gasteiger charge is 2.40. The van der Waals surface area contributed by atoms with Gasteiger partial charge in [0.1, 0.15) is 6.04 Å². The highest BCUT2D eigenvalue weighted by Crippen LogP contribution is 2.29. The minimum atomic E-state index is -0.432. The van der Waals surface area contributed by atoms with Crippen molar-refractivity contribution in [1.82, 2.24) is 9.80 Å². The van der Waals surface area contributed by atoms with Gasteiger partial charge in [0.15, 0.2) is 5.76 Å². The van der Waals surface area contributed by atoms with Crippen LogP contribution in [0.2, 0.25) is 0 Å². The van der Waals surface area contributed by atoms with Crippen molar-refractivity contribution in [1.29, 1.82) is 0 Å². The van der Waals surface area contributed by atoms with E-state index in [1.54, 1.807) is 17.0 Å². The molecule has 3 atom stereocenters. The lowest BCUT2D eigenvalue weighted by atomic mass is 9.95. The van der Waals surface area contributed by atoms with E-state index in [0.29, 0.717) is 26.1 Å². The van der Waals surface area contributed by atoms with E-state index in [2.05, 4.69) is 12.1 Å². The second-order valence-corrected chi connectivity index (χ2v) is 7.41. The summed E-state index contributed by atoms with van der Waals surface area (Å²) in [6.45, 7) is 1.71. The molecule has 0 aliphatic carbocycles. The molecule has 2 fully saturated rings. The zero-order valence-corrected chi connectivity index (χ0v) is 16.5. The first-order valence-electron chi connectivity index (χ1n) is 9.59. The van der Waals surface area contributed by atoms with E-state index < -0.39 is 6.04 Å². The summed E-state index contributed by atoms with van der Waals surface area (Å²) in [4.78, 5) is 29.5. The van der Waals surface area contributed by atoms with Crippen molar-refractivity contribution in [3.8, 4) is 0 Å². The van der Waals surface area contributed by atoms with Gasteiger partial charge in [0.25, 0.3) is 5.91 Å². The highest BCUT2D eigenvalue weighted by molar-refractivity contribution is 5.95. The molecular weight excluding hydrogens is 378 g/mol. The van der Waals surface area contributed by atoms with E-state index >= 15 is 0 Å². The van der Waals surface area contributed by atoms with Crippen molar-refractivity contribution in [3.63, 3.8) is 0 Å². The van der Waals surface area contributed by atoms with Gasteiger partial charge in [-0.25, -0.2) is 0 Å². The fourth-order valence-corrected chi connectivity index (χ4v) is 4.25. The Hall–Kier alpha value is -2.31. The normalized spacial score (nSPS) is 24.7. The molecule has 0 radical (unpaired) electrons. The zero-order valence-electron chi connectivity index (χ0n) is 15.7. The fraction of sp³-hybridized carbons (Fsp3) is 0.429. The SMILES string of the molecule is Cl.N[C@@H]1CN(C(=O)C2CCCCN2C(=O)c2ccco2)C[C@H]1c1ccccc1. The Labute approximate surface area is 171 Å². The summed E-state index contributed by atoms with van der Waals surface area (Å²) < 4.78 is 5.26. The number of halogens is 1. The molecule has 2 saturated heterocycles. The number of rotatable bonds is 3. The van der Waals surface area contributed by atoms with Crippen molar-refractivity contribution >= 4 is 24.2 Å². The average Bonchev–Trinajstić information content (AvgIpc) is 3.37. The van der Waals surface area contributed by atoms with Gasteiger partial charge in [-0.15, -0.1) is 12.4 Å². The van der Waals surface area contributed by atoms with Crippen molar-refractivity contribution in [2.75, 3.05) is 19.6 Å². The number of furan rings is 1. The van der Waals surface area contributed by atoms with Crippen LogP contribution < -0.4 is 5.73 Å². The van der Waals surface area contributed by atoms with Gasteiger partial charge in [-0.2, -0.15) is 0 Å². The summed E-state index contributed by atoms with van der Waals surface area (Å²) in [5.74, 6) is 0.215. The van der Waals surface area contributed by atoms with E-state index in [1.165, 1.54) is 6.26 Å². The minimum absolute atomic E-state index is 0. The van der Waals surface area contributed by atoms with Crippen LogP contribution in [0.15, 0.2) is 53.1 Å². The number of nitrogens with zero attached hydrogens (tertiary/aromatic N) is 2. The Bertz CT molecular complexity index is 796. The number of carbonyl (C=O) groups excluding carboxylic acids is 2. The Morgan fingerprint density at radius 1 is 1.04 bits per heavy atom. The van der Waals surface area contributed by atoms with Crippen molar-refractivity contribution in [3.05, 3.63) is 60.1 Å². The van der Waals surface area contributed by atoms with Crippen molar-refractivity contribution < 1.29 is 14.0 Å². The molecule has 0 saturated carbocycles. The molecule has 1 aromatic carbocycles. The van der Waals surface area contributed by atoms with Crippen molar-refractivity contribution in [2.45, 2.75) is 37.3 Å². The Morgan fingerprint density at radius 3 is 2.54 bits per heavy atom. The minimum Gasteiger partial charge on any atom is -0.459 e. The van der Waals surface area contributed by atoms with Crippen molar-refractivity contribution in [2.24, 2.45) is 5.73 Å². The van der Waals surface area contributed by atoms with Crippen LogP contribution in [0.5, 0.6) is 0 Å². The summed E-state index contributed by atoms with van der Waals surface area (Å²) in [5.41, 5.74) is 7.51. The zero-order chi connectivity index (χ0) is 18.8. The van der Waals surface area contributed by atoms with Crippen LogP contribution in [0.3, 0.4) is 0 Å². The number of piperidine rings is 1. The molecule has 1 aromatic heterocycles. The predicted molar refractivity (Wildman–Crippen MR) is 108 cm³/mol. The molecule has 28 heavy (non-hydrogen) atoms. The summed E-state index contributed by atoms with van der Waals surface area (Å²) in [5, 5.41) is 0. The summed E-state index contributed by atoms with van der Waals surface area (Å²) in [6.07, 6.45) is 4.02. The maximum absolute atomic E-state index is 13.3. The third-order valence-electron chi connectivity index (χ3n) is 5.69. The first kappa shape index (κ1) is 20.4. The van der Waals surface area contributed by atoms with Crippen LogP contribution in [0.1, 0.15) is 41.3 Å². The summed E-state index contributed by atoms with van der Waals surface area (Å²) in [7, 11) is 0. The molecule has 2 aliphatic rings. The number of likely N-dealkylation sites (tertiary alicyclic amines) is 2. The molecule has 0 bridgehead atoms. The fourth-order valence-electron chi connectivity index (χ4n) is 4.25. The van der Waals surface area contributed by atoms with Crippen LogP contribution in [0.4, 0.5) is 0 Å². The molecule has 2 amide bonds. The Morgan fingerprint density at radius 2 is 1.82 bits per heavy atom. The lowest BCUT2D eigenvalue weighted by Crippen LogP contribution is -2.52. The highest BCUT2D eigenvalue weighted by atomic mass is 35.5. The van der Waals surface area contributed by atoms with E-state index in [9.17, 15) is 9.59 Å². The Balaban J connectivity index is 0.00000225. The molecule has 2 aromatic rings. The van der Waals surface area contributed by atoms with Gasteiger partial charge in [0.2, 0.25) is 5.91 Å². The van der Waals surface area contributed by atoms with Gasteiger partial charge in [-0.3, -0.25) is 9.59 Å². The average molecular weight is 404 g/mol. The molecule has 1 unspecified atom stereocenters. The van der Waals surface area contributed by atoms with Gasteiger partial charge in [-0.05, 0) is 37.0 Å². The number of nitrogens with two attached hydrogens (primary N) is 1. The quantitative estimate of drug-likeness (QED) is 0.854. The van der Waals surface area contributed by atoms with Crippen LogP contribution in [0.25, 0.3) is 0 Å². The van der Waals surface area contributed by atoms with Crippen LogP contribution in [0, 0.1) is 0 Å². The van der Waals surface area contributed by atoms with E-state index in [1.807, 2.05) is 23.1 Å². The van der Waals surface area contributed by atoms with Crippen LogP contribution >= 0.6 is 12.4 Å². The van der Waals surface area contributed by atoms with E-state index in [4.69, 9.17) is 10.2 Å². The molecular formula is C21H26ClN3O3. The monoisotopic (exact) mass is 403 g/mol. The molecule has 3 heterocycles. The maximum Gasteiger partial charge on any atom is 0.290 e. The summed E-state index contributed by atoms with van der Waals surface area (Å²) in [6, 6.07) is 12.9. The van der Waals surface area contributed by atoms with Crippen LogP contribution in [-0.2, 0) is 4.79 Å². The standard InChI is InChI=1S/C21H25N3O3.ClH/c22-17-14-23(13-16(17)15-7-2-1-3-8-15)20(25)18-9-4-5-11-24(18)21(26)19-10-6-12-27-19;/h1-3,6-8,10,12,16-18H,4-5,9,11,13-14,22H2;1H/t16-,17+,18?;/m0./s1. The van der Waals surface area contributed by atoms with Gasteiger partial charge < -0.3 is 20.0 Å². The van der Waals surface area contributed by atoms with E-state index in [-0.39, 0.29) is 41.9 Å². The Kier molecular flexibility index (Phi) is 6.42. The molecule has 4 rings (SSSR count). The lowest BCUT2D eigenvalue weighted by molar-refractivity contribution is -0.136. The largest absolute Gasteiger partial charge is 0.459 e. The maximum atomic E-state index is 13.3. The van der Waals surface area contributed by atoms with Crippen LogP contribution in [-0.4, -0.2) is 53.3 Å². The third-order valence-corrected chi connectivity index (χ3v) is 5.69. The topological polar surface area (TPSA) is 79.8 Å². The molecule has 2 aliphatic heterocycles. The molecule has 7 heteroatoms. The first-order chi connectivity index (χ1) is 13.1. The second kappa shape index (κ2) is 8.80. The number of carbonyl (C=O) groups is 2. The number of benzene rings is 1. The van der Waals surface area contributed by atoms with E-state index in [0.717, 1.165) is 18.4 Å². The predicted octanol–water partition coefficient (Wildman–Crippen LogP) is 2.65. The van der Waals surface area contributed by atoms with Gasteiger partial charge >= 0.3 is 0 Å². The molecule has 6 nitrogen and oxygen atoms in total. The van der Waals surface area contributed by atoms with Gasteiger partial charge in [0.05, 0.1) is 6.26 Å². The second-order valence-electron chi connectivity index (χ2n) is 7.41. The van der Waals surface area contributed by atoms with Gasteiger partial charge in [0, 0.05) is 31.6 Å². The third kappa shape index (κ3) is 3.93. The lowest BCUT2D eigenvalue weighted by Gasteiger charge is -2.36. The smallest absolute Gasteiger partial charge is 0.290 e. The number of hydrogen-bond acceptors (Lipinski definition) is 4. The molecule has 0 spiro atoms. The number of amides is 2. The van der Waals surface area contributed by atoms with Gasteiger partial charge in [-0.1, -0.05) is 30.3 Å². The summed E-state index contributed by atoms with van der Waals surface area (Å²) >= 11 is 0.